The molecule has 208 valence electrons. The average Bonchev–Trinajstić information content (AvgIpc) is 3.37. The van der Waals surface area contributed by atoms with Crippen molar-refractivity contribution in [2.45, 2.75) is 58.5 Å². The van der Waals surface area contributed by atoms with Crippen LogP contribution in [0.1, 0.15) is 49.9 Å². The molecule has 4 aromatic rings. The van der Waals surface area contributed by atoms with Crippen LogP contribution in [-0.2, 0) is 37.0 Å². The van der Waals surface area contributed by atoms with E-state index in [0.717, 1.165) is 27.7 Å². The molecule has 2 N–H and O–H groups in total. The van der Waals surface area contributed by atoms with Gasteiger partial charge in [-0.2, -0.15) is 0 Å². The van der Waals surface area contributed by atoms with Gasteiger partial charge in [-0.05, 0) is 42.3 Å². The number of anilines is 1. The second-order valence-electron chi connectivity index (χ2n) is 10.1. The Kier molecular flexibility index (Phi) is 8.25. The van der Waals surface area contributed by atoms with Crippen LogP contribution in [0.3, 0.4) is 0 Å². The van der Waals surface area contributed by atoms with Crippen LogP contribution in [0.4, 0.5) is 5.69 Å². The lowest BCUT2D eigenvalue weighted by Gasteiger charge is -2.41. The number of rotatable bonds is 8. The number of nitrogens with one attached hydrogen (secondary N) is 1. The molecular weight excluding hydrogens is 510 g/mol. The van der Waals surface area contributed by atoms with Gasteiger partial charge in [0.15, 0.2) is 12.4 Å². The van der Waals surface area contributed by atoms with Gasteiger partial charge >= 0.3 is 5.97 Å². The van der Waals surface area contributed by atoms with Gasteiger partial charge in [0.25, 0.3) is 5.91 Å². The van der Waals surface area contributed by atoms with Gasteiger partial charge in [0.1, 0.15) is 0 Å². The third-order valence-electron chi connectivity index (χ3n) is 7.19. The van der Waals surface area contributed by atoms with Gasteiger partial charge in [0, 0.05) is 24.1 Å². The van der Waals surface area contributed by atoms with Gasteiger partial charge in [-0.1, -0.05) is 55.5 Å². The molecule has 0 radical (unpaired) electrons. The molecule has 0 bridgehead atoms. The van der Waals surface area contributed by atoms with Crippen LogP contribution in [0, 0.1) is 5.92 Å². The van der Waals surface area contributed by atoms with Gasteiger partial charge in [-0.3, -0.25) is 9.59 Å². The number of amides is 1. The molecule has 0 unspecified atom stereocenters. The number of aromatic nitrogens is 2. The quantitative estimate of drug-likeness (QED) is 0.304. The monoisotopic (exact) mass is 543 g/mol. The predicted molar refractivity (Wildman–Crippen MR) is 149 cm³/mol. The van der Waals surface area contributed by atoms with Crippen LogP contribution in [0.2, 0.25) is 0 Å². The van der Waals surface area contributed by atoms with E-state index in [1.807, 2.05) is 67.0 Å². The minimum Gasteiger partial charge on any atom is -0.453 e. The molecule has 9 nitrogen and oxygen atoms in total. The van der Waals surface area contributed by atoms with E-state index in [1.165, 1.54) is 13.8 Å². The molecule has 5 rings (SSSR count). The summed E-state index contributed by atoms with van der Waals surface area (Å²) in [4.78, 5) is 28.0. The number of para-hydroxylation sites is 2. The maximum Gasteiger partial charge on any atom is 0.303 e. The molecule has 0 spiro atoms. The van der Waals surface area contributed by atoms with Gasteiger partial charge in [-0.15, -0.1) is 0 Å². The number of carbonyl (C=O) groups excluding carboxylic acids is 2. The zero-order chi connectivity index (χ0) is 28.2. The van der Waals surface area contributed by atoms with E-state index in [1.54, 1.807) is 12.1 Å². The molecule has 1 amide bonds. The molecule has 40 heavy (non-hydrogen) atoms. The van der Waals surface area contributed by atoms with Crippen LogP contribution in [-0.4, -0.2) is 38.7 Å². The maximum atomic E-state index is 12.3. The van der Waals surface area contributed by atoms with E-state index >= 15 is 0 Å². The first-order valence-electron chi connectivity index (χ1n) is 13.3. The number of fused-ring (bicyclic) bond motifs is 1. The zero-order valence-corrected chi connectivity index (χ0v) is 22.7. The van der Waals surface area contributed by atoms with Gasteiger partial charge < -0.3 is 29.2 Å². The number of aliphatic hydroxyl groups excluding tert-OH is 1. The van der Waals surface area contributed by atoms with Crippen LogP contribution in [0.15, 0.2) is 79.1 Å². The molecule has 0 saturated carbocycles. The summed E-state index contributed by atoms with van der Waals surface area (Å²) >= 11 is 0. The van der Waals surface area contributed by atoms with Crippen molar-refractivity contribution in [3.63, 3.8) is 0 Å². The Balaban J connectivity index is 1.39. The highest BCUT2D eigenvalue weighted by Crippen LogP contribution is 2.42. The molecule has 1 aliphatic rings. The van der Waals surface area contributed by atoms with Crippen molar-refractivity contribution in [2.24, 2.45) is 5.92 Å². The summed E-state index contributed by atoms with van der Waals surface area (Å²) in [7, 11) is 0. The summed E-state index contributed by atoms with van der Waals surface area (Å²) in [5.74, 6) is -0.919. The standard InChI is InChI=1S/C31H33N3O6/c1-19-28(16-34-18-32-26-6-4-5-7-27(26)34)39-31(40-29(19)23-10-8-22(17-35)9-11-23)24-12-14-25(15-13-24)33-30(37)20(2)38-21(3)36/h4-15,18-20,28-29,31,35H,16-17H2,1-3H3,(H,33,37)/t19-,20-,28+,29+,31+/m0/s1. The van der Waals surface area contributed by atoms with Crippen molar-refractivity contribution in [1.82, 2.24) is 9.55 Å². The number of ether oxygens (including phenoxy) is 3. The van der Waals surface area contributed by atoms with Gasteiger partial charge in [-0.25, -0.2) is 4.98 Å². The third-order valence-corrected chi connectivity index (χ3v) is 7.19. The third kappa shape index (κ3) is 6.07. The molecule has 2 heterocycles. The summed E-state index contributed by atoms with van der Waals surface area (Å²) in [6, 6.07) is 23.0. The minimum atomic E-state index is -0.901. The lowest BCUT2D eigenvalue weighted by Crippen LogP contribution is -2.39. The highest BCUT2D eigenvalue weighted by molar-refractivity contribution is 5.94. The Hall–Kier alpha value is -4.05. The van der Waals surface area contributed by atoms with Crippen LogP contribution in [0.5, 0.6) is 0 Å². The van der Waals surface area contributed by atoms with Crippen molar-refractivity contribution >= 4 is 28.6 Å². The lowest BCUT2D eigenvalue weighted by atomic mass is 9.90. The molecule has 1 fully saturated rings. The zero-order valence-electron chi connectivity index (χ0n) is 22.7. The number of nitrogens with zero attached hydrogens (tertiary/aromatic N) is 2. The molecule has 0 aliphatic carbocycles. The highest BCUT2D eigenvalue weighted by atomic mass is 16.7. The summed E-state index contributed by atoms with van der Waals surface area (Å²) in [5, 5.41) is 12.2. The van der Waals surface area contributed by atoms with Gasteiger partial charge in [0.05, 0.1) is 42.7 Å². The molecule has 3 aromatic carbocycles. The fraction of sp³-hybridized carbons (Fsp3) is 0.323. The number of hydrogen-bond donors (Lipinski definition) is 2. The minimum absolute atomic E-state index is 0.0127. The summed E-state index contributed by atoms with van der Waals surface area (Å²) in [6.45, 7) is 5.47. The Morgan fingerprint density at radius 1 is 1.02 bits per heavy atom. The smallest absolute Gasteiger partial charge is 0.303 e. The number of esters is 1. The molecule has 5 atom stereocenters. The summed E-state index contributed by atoms with van der Waals surface area (Å²) < 4.78 is 20.1. The molecule has 9 heteroatoms. The Bertz CT molecular complexity index is 1470. The SMILES string of the molecule is CC(=O)O[C@@H](C)C(=O)Nc1ccc([C@@H]2O[C@H](Cn3cnc4ccccc43)[C@H](C)[C@H](c3ccc(CO)cc3)O2)cc1. The Morgan fingerprint density at radius 3 is 2.42 bits per heavy atom. The van der Waals surface area contributed by atoms with Crippen molar-refractivity contribution < 1.29 is 28.9 Å². The first kappa shape index (κ1) is 27.5. The van der Waals surface area contributed by atoms with E-state index in [9.17, 15) is 14.7 Å². The van der Waals surface area contributed by atoms with E-state index in [-0.39, 0.29) is 24.7 Å². The van der Waals surface area contributed by atoms with Crippen molar-refractivity contribution in [3.05, 3.63) is 95.8 Å². The first-order valence-corrected chi connectivity index (χ1v) is 13.3. The van der Waals surface area contributed by atoms with Crippen LogP contribution >= 0.6 is 0 Å². The topological polar surface area (TPSA) is 112 Å². The van der Waals surface area contributed by atoms with Crippen molar-refractivity contribution in [2.75, 3.05) is 5.32 Å². The second kappa shape index (κ2) is 12.0. The predicted octanol–water partition coefficient (Wildman–Crippen LogP) is 4.91. The fourth-order valence-corrected chi connectivity index (χ4v) is 4.95. The number of imidazole rings is 1. The highest BCUT2D eigenvalue weighted by Gasteiger charge is 2.38. The average molecular weight is 544 g/mol. The summed E-state index contributed by atoms with van der Waals surface area (Å²) in [6.07, 6.45) is -0.159. The Morgan fingerprint density at radius 2 is 1.73 bits per heavy atom. The number of aliphatic hydroxyl groups is 1. The van der Waals surface area contributed by atoms with E-state index in [2.05, 4.69) is 21.8 Å². The maximum absolute atomic E-state index is 12.3. The number of benzene rings is 3. The largest absolute Gasteiger partial charge is 0.453 e. The molecule has 1 saturated heterocycles. The van der Waals surface area contributed by atoms with E-state index < -0.39 is 24.3 Å². The molecular formula is C31H33N3O6. The van der Waals surface area contributed by atoms with E-state index in [4.69, 9.17) is 14.2 Å². The van der Waals surface area contributed by atoms with Gasteiger partial charge in [0.2, 0.25) is 0 Å². The Labute approximate surface area is 232 Å². The summed E-state index contributed by atoms with van der Waals surface area (Å²) in [5.41, 5.74) is 5.16. The van der Waals surface area contributed by atoms with Crippen molar-refractivity contribution in [1.29, 1.82) is 0 Å². The normalized spacial score (nSPS) is 21.6. The van der Waals surface area contributed by atoms with Crippen molar-refractivity contribution in [3.8, 4) is 0 Å². The molecule has 1 aromatic heterocycles. The first-order chi connectivity index (χ1) is 19.3. The fourth-order valence-electron chi connectivity index (χ4n) is 4.95. The van der Waals surface area contributed by atoms with Crippen LogP contribution in [0.25, 0.3) is 11.0 Å². The molecule has 1 aliphatic heterocycles. The lowest BCUT2D eigenvalue weighted by molar-refractivity contribution is -0.276. The van der Waals surface area contributed by atoms with E-state index in [0.29, 0.717) is 12.2 Å². The second-order valence-corrected chi connectivity index (χ2v) is 10.1. The van der Waals surface area contributed by atoms with Crippen LogP contribution < -0.4 is 5.32 Å². The number of hydrogen-bond acceptors (Lipinski definition) is 7. The number of carbonyl (C=O) groups is 2.